The highest BCUT2D eigenvalue weighted by Crippen LogP contribution is 2.24. The van der Waals surface area contributed by atoms with E-state index in [0.717, 1.165) is 5.56 Å². The molecule has 0 saturated carbocycles. The number of nitrogens with zero attached hydrogens (tertiary/aromatic N) is 2. The molecular formula is C25H27ClFN3O4S. The van der Waals surface area contributed by atoms with Crippen LogP contribution in [0.4, 0.5) is 10.1 Å². The van der Waals surface area contributed by atoms with Crippen LogP contribution < -0.4 is 20.5 Å². The fourth-order valence-electron chi connectivity index (χ4n) is 3.58. The van der Waals surface area contributed by atoms with Gasteiger partial charge in [-0.25, -0.2) is 4.39 Å². The number of hydrogen-bond donors (Lipinski definition) is 1. The molecule has 1 aromatic carbocycles. The van der Waals surface area contributed by atoms with E-state index in [1.54, 1.807) is 41.4 Å². The maximum Gasteiger partial charge on any atom is 0.297 e. The summed E-state index contributed by atoms with van der Waals surface area (Å²) in [5, 5.41) is 2.88. The maximum absolute atomic E-state index is 12.7. The van der Waals surface area contributed by atoms with E-state index in [-0.39, 0.29) is 30.1 Å². The van der Waals surface area contributed by atoms with E-state index in [1.165, 1.54) is 28.9 Å². The fraction of sp³-hybridized carbons (Fsp3) is 0.320. The number of pyridine rings is 1. The number of benzene rings is 1. The summed E-state index contributed by atoms with van der Waals surface area (Å²) in [6.45, 7) is 5.18. The average molecular weight is 520 g/mol. The average Bonchev–Trinajstić information content (AvgIpc) is 3.27. The number of carbonyl (C=O) groups excluding carboxylic acids is 2. The molecule has 0 spiro atoms. The first-order valence-electron chi connectivity index (χ1n) is 11.0. The molecule has 1 atom stereocenters. The fourth-order valence-corrected chi connectivity index (χ4v) is 4.54. The molecule has 0 unspecified atom stereocenters. The molecule has 0 bridgehead atoms. The van der Waals surface area contributed by atoms with E-state index in [0.29, 0.717) is 33.7 Å². The van der Waals surface area contributed by atoms with Crippen LogP contribution >= 0.6 is 22.9 Å². The van der Waals surface area contributed by atoms with Gasteiger partial charge in [0.05, 0.1) is 14.9 Å². The molecule has 0 aliphatic carbocycles. The predicted octanol–water partition coefficient (Wildman–Crippen LogP) is 4.63. The summed E-state index contributed by atoms with van der Waals surface area (Å²) >= 11 is 7.10. The highest BCUT2D eigenvalue weighted by atomic mass is 35.5. The van der Waals surface area contributed by atoms with Crippen molar-refractivity contribution in [2.45, 2.75) is 20.8 Å². The Hall–Kier alpha value is -3.17. The summed E-state index contributed by atoms with van der Waals surface area (Å²) in [7, 11) is 0. The van der Waals surface area contributed by atoms with E-state index in [2.05, 4.69) is 5.32 Å². The third kappa shape index (κ3) is 6.70. The standard InChI is InChI=1S/C25H27ClFN3O4S/c1-16(14-28-24(32)22-8-9-23(26)35-22)15-30(18(3)31)19-6-7-20(17(2)13-19)29-11-4-5-21(25(29)33)34-12-10-27/h4-9,11,13,16H,10,12,14-15H2,1-3H3,(H,28,32)/t16-/m0/s1. The number of aromatic nitrogens is 1. The topological polar surface area (TPSA) is 80.6 Å². The lowest BCUT2D eigenvalue weighted by Crippen LogP contribution is -2.38. The van der Waals surface area contributed by atoms with Gasteiger partial charge in [-0.05, 0) is 60.9 Å². The van der Waals surface area contributed by atoms with Gasteiger partial charge in [-0.1, -0.05) is 18.5 Å². The molecule has 2 amide bonds. The van der Waals surface area contributed by atoms with Crippen LogP contribution in [0, 0.1) is 12.8 Å². The quantitative estimate of drug-likeness (QED) is 0.423. The number of halogens is 2. The molecule has 35 heavy (non-hydrogen) atoms. The number of rotatable bonds is 10. The Morgan fingerprint density at radius 1 is 1.26 bits per heavy atom. The molecule has 3 aromatic rings. The van der Waals surface area contributed by atoms with Gasteiger partial charge in [-0.3, -0.25) is 19.0 Å². The highest BCUT2D eigenvalue weighted by Gasteiger charge is 2.18. The summed E-state index contributed by atoms with van der Waals surface area (Å²) in [6, 6.07) is 11.9. The van der Waals surface area contributed by atoms with Gasteiger partial charge in [0, 0.05) is 31.9 Å². The van der Waals surface area contributed by atoms with Crippen molar-refractivity contribution < 1.29 is 18.7 Å². The Bertz CT molecular complexity index is 1260. The molecule has 0 radical (unpaired) electrons. The Morgan fingerprint density at radius 2 is 2.03 bits per heavy atom. The Labute approximate surface area is 212 Å². The molecule has 1 N–H and O–H groups in total. The second-order valence-corrected chi connectivity index (χ2v) is 9.82. The summed E-state index contributed by atoms with van der Waals surface area (Å²) in [4.78, 5) is 39.6. The number of ether oxygens (including phenoxy) is 1. The van der Waals surface area contributed by atoms with Crippen LogP contribution in [0.25, 0.3) is 5.69 Å². The van der Waals surface area contributed by atoms with Crippen molar-refractivity contribution in [1.29, 1.82) is 0 Å². The normalized spacial score (nSPS) is 11.7. The predicted molar refractivity (Wildman–Crippen MR) is 137 cm³/mol. The highest BCUT2D eigenvalue weighted by molar-refractivity contribution is 7.18. The summed E-state index contributed by atoms with van der Waals surface area (Å²) in [5.41, 5.74) is 1.69. The molecule has 0 saturated heterocycles. The van der Waals surface area contributed by atoms with Gasteiger partial charge in [-0.15, -0.1) is 11.3 Å². The molecule has 0 aliphatic heterocycles. The van der Waals surface area contributed by atoms with Gasteiger partial charge >= 0.3 is 0 Å². The minimum Gasteiger partial charge on any atom is -0.485 e. The molecular weight excluding hydrogens is 493 g/mol. The number of thiophene rings is 1. The molecule has 0 aliphatic rings. The first kappa shape index (κ1) is 26.4. The van der Waals surface area contributed by atoms with Gasteiger partial charge in [0.2, 0.25) is 5.91 Å². The number of carbonyl (C=O) groups is 2. The van der Waals surface area contributed by atoms with Gasteiger partial charge in [-0.2, -0.15) is 0 Å². The number of hydrogen-bond acceptors (Lipinski definition) is 5. The first-order valence-corrected chi connectivity index (χ1v) is 12.2. The number of amides is 2. The van der Waals surface area contributed by atoms with Gasteiger partial charge in [0.25, 0.3) is 11.5 Å². The molecule has 186 valence electrons. The molecule has 2 heterocycles. The van der Waals surface area contributed by atoms with Crippen LogP contribution in [-0.2, 0) is 4.79 Å². The molecule has 3 rings (SSSR count). The van der Waals surface area contributed by atoms with E-state index >= 15 is 0 Å². The van der Waals surface area contributed by atoms with Crippen molar-refractivity contribution >= 4 is 40.4 Å². The van der Waals surface area contributed by atoms with Crippen molar-refractivity contribution in [3.63, 3.8) is 0 Å². The maximum atomic E-state index is 12.7. The van der Waals surface area contributed by atoms with Crippen LogP contribution in [0.15, 0.2) is 53.5 Å². The second kappa shape index (κ2) is 12.0. The molecule has 7 nitrogen and oxygen atoms in total. The first-order chi connectivity index (χ1) is 16.7. The van der Waals surface area contributed by atoms with Crippen LogP contribution in [0.3, 0.4) is 0 Å². The van der Waals surface area contributed by atoms with Crippen molar-refractivity contribution in [3.8, 4) is 11.4 Å². The molecule has 2 aromatic heterocycles. The van der Waals surface area contributed by atoms with Crippen LogP contribution in [-0.4, -0.2) is 42.8 Å². The summed E-state index contributed by atoms with van der Waals surface area (Å²) in [5.74, 6) is -0.296. The Balaban J connectivity index is 1.74. The van der Waals surface area contributed by atoms with Crippen molar-refractivity contribution in [1.82, 2.24) is 9.88 Å². The lowest BCUT2D eigenvalue weighted by Gasteiger charge is -2.26. The monoisotopic (exact) mass is 519 g/mol. The van der Waals surface area contributed by atoms with Crippen LogP contribution in [0.2, 0.25) is 4.34 Å². The zero-order valence-electron chi connectivity index (χ0n) is 19.7. The van der Waals surface area contributed by atoms with Gasteiger partial charge < -0.3 is 15.0 Å². The number of alkyl halides is 1. The van der Waals surface area contributed by atoms with E-state index in [1.807, 2.05) is 19.9 Å². The van der Waals surface area contributed by atoms with Crippen molar-refractivity contribution in [2.75, 3.05) is 31.3 Å². The third-order valence-corrected chi connectivity index (χ3v) is 6.51. The Kier molecular flexibility index (Phi) is 9.06. The zero-order valence-corrected chi connectivity index (χ0v) is 21.3. The smallest absolute Gasteiger partial charge is 0.297 e. The third-order valence-electron chi connectivity index (χ3n) is 5.28. The lowest BCUT2D eigenvalue weighted by atomic mass is 10.1. The van der Waals surface area contributed by atoms with Gasteiger partial charge in [0.1, 0.15) is 13.3 Å². The van der Waals surface area contributed by atoms with E-state index in [4.69, 9.17) is 16.3 Å². The largest absolute Gasteiger partial charge is 0.485 e. The Morgan fingerprint density at radius 3 is 2.66 bits per heavy atom. The molecule has 0 fully saturated rings. The van der Waals surface area contributed by atoms with Gasteiger partial charge in [0.15, 0.2) is 5.75 Å². The van der Waals surface area contributed by atoms with Crippen LogP contribution in [0.5, 0.6) is 5.75 Å². The van der Waals surface area contributed by atoms with Crippen LogP contribution in [0.1, 0.15) is 29.1 Å². The van der Waals surface area contributed by atoms with Crippen molar-refractivity contribution in [2.24, 2.45) is 5.92 Å². The number of nitrogens with one attached hydrogen (secondary N) is 1. The number of aryl methyl sites for hydroxylation is 1. The summed E-state index contributed by atoms with van der Waals surface area (Å²) < 4.78 is 19.6. The summed E-state index contributed by atoms with van der Waals surface area (Å²) in [6.07, 6.45) is 1.61. The SMILES string of the molecule is CC(=O)N(C[C@@H](C)CNC(=O)c1ccc(Cl)s1)c1ccc(-n2cccc(OCCF)c2=O)c(C)c1. The minimum atomic E-state index is -0.687. The zero-order chi connectivity index (χ0) is 25.5. The minimum absolute atomic E-state index is 0.0229. The second-order valence-electron chi connectivity index (χ2n) is 8.10. The lowest BCUT2D eigenvalue weighted by molar-refractivity contribution is -0.116. The molecule has 10 heteroatoms. The van der Waals surface area contributed by atoms with E-state index in [9.17, 15) is 18.8 Å². The van der Waals surface area contributed by atoms with Crippen molar-refractivity contribution in [3.05, 3.63) is 73.8 Å². The van der Waals surface area contributed by atoms with E-state index < -0.39 is 12.2 Å². The number of anilines is 1.